The van der Waals surface area contributed by atoms with Crippen LogP contribution in [0, 0.1) is 0 Å². The number of hydrogen-bond acceptors (Lipinski definition) is 5. The van der Waals surface area contributed by atoms with Crippen molar-refractivity contribution in [3.05, 3.63) is 32.6 Å². The molecule has 0 aromatic carbocycles. The number of aromatic nitrogens is 1. The quantitative estimate of drug-likeness (QED) is 0.437. The maximum atomic E-state index is 11.8. The van der Waals surface area contributed by atoms with Crippen LogP contribution in [-0.4, -0.2) is 40.5 Å². The van der Waals surface area contributed by atoms with E-state index in [-0.39, 0.29) is 18.2 Å². The molecule has 0 aliphatic carbocycles. The highest BCUT2D eigenvalue weighted by Crippen LogP contribution is 2.22. The minimum absolute atomic E-state index is 0.0135. The molecule has 0 fully saturated rings. The first-order valence-electron chi connectivity index (χ1n) is 5.74. The first kappa shape index (κ1) is 15.7. The van der Waals surface area contributed by atoms with E-state index in [9.17, 15) is 14.7 Å². The van der Waals surface area contributed by atoms with E-state index in [4.69, 9.17) is 5.73 Å². The summed E-state index contributed by atoms with van der Waals surface area (Å²) in [6, 6.07) is 1.60. The second kappa shape index (κ2) is 6.41. The fourth-order valence-electron chi connectivity index (χ4n) is 1.56. The SMILES string of the molecule is NC1=N/C(=C\[C@H](O)CNC(=O)c2cc(Br)c(Br)[nH]2)C(=O)N1. The molecule has 2 rings (SSSR count). The van der Waals surface area contributed by atoms with Gasteiger partial charge in [0.1, 0.15) is 11.4 Å². The van der Waals surface area contributed by atoms with Gasteiger partial charge in [0.15, 0.2) is 0 Å². The van der Waals surface area contributed by atoms with Crippen LogP contribution in [0.25, 0.3) is 0 Å². The van der Waals surface area contributed by atoms with Crippen LogP contribution in [0.2, 0.25) is 0 Å². The molecule has 0 radical (unpaired) electrons. The number of guanidine groups is 1. The van der Waals surface area contributed by atoms with Crippen LogP contribution < -0.4 is 16.4 Å². The van der Waals surface area contributed by atoms with Crippen LogP contribution in [0.3, 0.4) is 0 Å². The van der Waals surface area contributed by atoms with Crippen LogP contribution in [0.4, 0.5) is 0 Å². The summed E-state index contributed by atoms with van der Waals surface area (Å²) in [5.41, 5.74) is 5.66. The number of carbonyl (C=O) groups is 2. The van der Waals surface area contributed by atoms with Crippen molar-refractivity contribution in [2.24, 2.45) is 10.7 Å². The predicted molar refractivity (Wildman–Crippen MR) is 82.4 cm³/mol. The van der Waals surface area contributed by atoms with Crippen LogP contribution in [0.5, 0.6) is 0 Å². The molecular formula is C11H11Br2N5O3. The summed E-state index contributed by atoms with van der Waals surface area (Å²) in [5.74, 6) is -0.906. The van der Waals surface area contributed by atoms with Crippen molar-refractivity contribution in [1.29, 1.82) is 0 Å². The lowest BCUT2D eigenvalue weighted by molar-refractivity contribution is -0.115. The van der Waals surface area contributed by atoms with Gasteiger partial charge in [-0.1, -0.05) is 0 Å². The second-order valence-corrected chi connectivity index (χ2v) is 5.77. The number of hydrogen-bond donors (Lipinski definition) is 5. The van der Waals surface area contributed by atoms with Crippen molar-refractivity contribution >= 4 is 49.6 Å². The third kappa shape index (κ3) is 3.93. The Hall–Kier alpha value is -1.65. The first-order valence-corrected chi connectivity index (χ1v) is 7.33. The number of amides is 2. The molecule has 1 aromatic heterocycles. The Morgan fingerprint density at radius 3 is 2.81 bits per heavy atom. The summed E-state index contributed by atoms with van der Waals surface area (Å²) in [5, 5.41) is 14.6. The van der Waals surface area contributed by atoms with Crippen molar-refractivity contribution in [2.75, 3.05) is 6.54 Å². The lowest BCUT2D eigenvalue weighted by atomic mass is 10.2. The number of rotatable bonds is 4. The zero-order valence-corrected chi connectivity index (χ0v) is 13.7. The third-order valence-corrected chi connectivity index (χ3v) is 4.29. The Bertz CT molecular complexity index is 633. The van der Waals surface area contributed by atoms with Gasteiger partial charge in [0, 0.05) is 6.54 Å². The molecule has 21 heavy (non-hydrogen) atoms. The second-order valence-electron chi connectivity index (χ2n) is 4.13. The largest absolute Gasteiger partial charge is 0.387 e. The lowest BCUT2D eigenvalue weighted by Crippen LogP contribution is -2.32. The van der Waals surface area contributed by atoms with Gasteiger partial charge in [0.2, 0.25) is 5.96 Å². The lowest BCUT2D eigenvalue weighted by Gasteiger charge is -2.07. The number of H-pyrrole nitrogens is 1. The summed E-state index contributed by atoms with van der Waals surface area (Å²) in [6.45, 7) is -0.0701. The molecule has 0 unspecified atom stereocenters. The molecule has 1 aliphatic heterocycles. The number of nitrogens with two attached hydrogens (primary N) is 1. The average molecular weight is 421 g/mol. The van der Waals surface area contributed by atoms with Gasteiger partial charge in [-0.3, -0.25) is 14.9 Å². The summed E-state index contributed by atoms with van der Waals surface area (Å²) < 4.78 is 1.35. The van der Waals surface area contributed by atoms with Gasteiger partial charge in [0.05, 0.1) is 15.2 Å². The van der Waals surface area contributed by atoms with E-state index in [0.29, 0.717) is 14.8 Å². The highest BCUT2D eigenvalue weighted by atomic mass is 79.9. The number of halogens is 2. The number of aliphatic hydroxyl groups excluding tert-OH is 1. The Kier molecular flexibility index (Phi) is 4.80. The average Bonchev–Trinajstić information content (AvgIpc) is 2.90. The third-order valence-electron chi connectivity index (χ3n) is 2.51. The smallest absolute Gasteiger partial charge is 0.276 e. The molecule has 2 heterocycles. The van der Waals surface area contributed by atoms with Gasteiger partial charge in [-0.2, -0.15) is 0 Å². The fourth-order valence-corrected chi connectivity index (χ4v) is 2.22. The Balaban J connectivity index is 1.92. The molecule has 0 saturated heterocycles. The normalized spacial score (nSPS) is 17.6. The van der Waals surface area contributed by atoms with E-state index < -0.39 is 17.9 Å². The number of aliphatic hydroxyl groups is 1. The fraction of sp³-hybridized carbons (Fsp3) is 0.182. The Morgan fingerprint density at radius 1 is 1.57 bits per heavy atom. The molecule has 0 saturated carbocycles. The minimum atomic E-state index is -1.06. The predicted octanol–water partition coefficient (Wildman–Crippen LogP) is -0.0412. The first-order chi connectivity index (χ1) is 9.86. The molecule has 0 bridgehead atoms. The summed E-state index contributed by atoms with van der Waals surface area (Å²) in [4.78, 5) is 29.7. The Morgan fingerprint density at radius 2 is 2.29 bits per heavy atom. The number of aliphatic imine (C=N–C) groups is 1. The van der Waals surface area contributed by atoms with E-state index in [2.05, 4.69) is 52.5 Å². The van der Waals surface area contributed by atoms with Crippen molar-refractivity contribution < 1.29 is 14.7 Å². The van der Waals surface area contributed by atoms with Gasteiger partial charge in [-0.15, -0.1) is 0 Å². The maximum Gasteiger partial charge on any atom is 0.276 e. The summed E-state index contributed by atoms with van der Waals surface area (Å²) in [6.07, 6.45) is 0.155. The monoisotopic (exact) mass is 419 g/mol. The topological polar surface area (TPSA) is 133 Å². The van der Waals surface area contributed by atoms with Gasteiger partial charge in [0.25, 0.3) is 11.8 Å². The zero-order valence-electron chi connectivity index (χ0n) is 10.5. The highest BCUT2D eigenvalue weighted by Gasteiger charge is 2.19. The van der Waals surface area contributed by atoms with Crippen LogP contribution >= 0.6 is 31.9 Å². The number of nitrogens with one attached hydrogen (secondary N) is 3. The molecule has 1 atom stereocenters. The van der Waals surface area contributed by atoms with E-state index >= 15 is 0 Å². The molecule has 112 valence electrons. The molecular weight excluding hydrogens is 410 g/mol. The highest BCUT2D eigenvalue weighted by molar-refractivity contribution is 9.13. The van der Waals surface area contributed by atoms with Crippen molar-refractivity contribution in [3.8, 4) is 0 Å². The van der Waals surface area contributed by atoms with E-state index in [1.54, 1.807) is 6.07 Å². The molecule has 1 aromatic rings. The molecule has 0 spiro atoms. The molecule has 10 heteroatoms. The van der Waals surface area contributed by atoms with Gasteiger partial charge in [-0.05, 0) is 44.0 Å². The van der Waals surface area contributed by atoms with Crippen molar-refractivity contribution in [3.63, 3.8) is 0 Å². The van der Waals surface area contributed by atoms with Crippen LogP contribution in [0.1, 0.15) is 10.5 Å². The molecule has 8 nitrogen and oxygen atoms in total. The Labute approximate surface area is 136 Å². The molecule has 6 N–H and O–H groups in total. The van der Waals surface area contributed by atoms with Gasteiger partial charge in [-0.25, -0.2) is 4.99 Å². The molecule has 1 aliphatic rings. The standard InChI is InChI=1S/C11H11Br2N5O3/c12-5-2-7(16-8(5)13)9(20)15-3-4(19)1-6-10(21)18-11(14)17-6/h1-2,4,16,19H,3H2,(H,15,20)(H3,14,17,18,21)/b6-1-/t4-/m0/s1. The van der Waals surface area contributed by atoms with E-state index in [1.165, 1.54) is 6.08 Å². The van der Waals surface area contributed by atoms with E-state index in [1.807, 2.05) is 0 Å². The van der Waals surface area contributed by atoms with Gasteiger partial charge < -0.3 is 21.1 Å². The number of aromatic amines is 1. The summed E-state index contributed by atoms with van der Waals surface area (Å²) >= 11 is 6.47. The maximum absolute atomic E-state index is 11.8. The zero-order chi connectivity index (χ0) is 15.6. The van der Waals surface area contributed by atoms with Crippen molar-refractivity contribution in [2.45, 2.75) is 6.10 Å². The van der Waals surface area contributed by atoms with Crippen LogP contribution in [0.15, 0.2) is 31.9 Å². The van der Waals surface area contributed by atoms with E-state index in [0.717, 1.165) is 0 Å². The summed E-state index contributed by atoms with van der Waals surface area (Å²) in [7, 11) is 0. The molecule has 2 amide bonds. The number of carbonyl (C=O) groups excluding carboxylic acids is 2. The minimum Gasteiger partial charge on any atom is -0.387 e. The van der Waals surface area contributed by atoms with Crippen molar-refractivity contribution in [1.82, 2.24) is 15.6 Å². The van der Waals surface area contributed by atoms with Crippen LogP contribution in [-0.2, 0) is 4.79 Å². The number of nitrogens with zero attached hydrogens (tertiary/aromatic N) is 1. The van der Waals surface area contributed by atoms with Gasteiger partial charge >= 0.3 is 0 Å².